The minimum Gasteiger partial charge on any atom is -0.394 e. The number of nitrogens with one attached hydrogen (secondary N) is 1. The molecule has 21 heavy (non-hydrogen) atoms. The number of carbonyl (C=O) groups is 1. The number of benzene rings is 1. The molecule has 4 N–H and O–H groups in total. The molecule has 1 heterocycles. The van der Waals surface area contributed by atoms with E-state index in [2.05, 4.69) is 15.6 Å². The summed E-state index contributed by atoms with van der Waals surface area (Å²) in [5.74, 6) is -0.895. The van der Waals surface area contributed by atoms with Gasteiger partial charge in [-0.2, -0.15) is 0 Å². The number of carbonyl (C=O) groups excluding carboxylic acids is 1. The fraction of sp³-hybridized carbons (Fsp3) is 0.308. The van der Waals surface area contributed by atoms with Crippen molar-refractivity contribution in [3.8, 4) is 5.69 Å². The van der Waals surface area contributed by atoms with E-state index < -0.39 is 17.8 Å². The number of aliphatic hydroxyl groups excluding tert-OH is 1. The van der Waals surface area contributed by atoms with Crippen LogP contribution >= 0.6 is 0 Å². The van der Waals surface area contributed by atoms with Gasteiger partial charge in [-0.15, -0.1) is 5.10 Å². The summed E-state index contributed by atoms with van der Waals surface area (Å²) in [4.78, 5) is 11.9. The first-order valence-electron chi connectivity index (χ1n) is 6.35. The van der Waals surface area contributed by atoms with E-state index in [0.717, 1.165) is 5.56 Å². The van der Waals surface area contributed by atoms with Gasteiger partial charge in [0, 0.05) is 6.54 Å². The molecular weight excluding hydrogens is 277 g/mol. The summed E-state index contributed by atoms with van der Waals surface area (Å²) >= 11 is 0. The van der Waals surface area contributed by atoms with Gasteiger partial charge in [0.2, 0.25) is 0 Å². The Kier molecular flexibility index (Phi) is 4.61. The van der Waals surface area contributed by atoms with Gasteiger partial charge in [0.1, 0.15) is 5.82 Å². The maximum Gasteiger partial charge on any atom is 0.273 e. The van der Waals surface area contributed by atoms with Gasteiger partial charge in [0.05, 0.1) is 24.5 Å². The van der Waals surface area contributed by atoms with E-state index in [0.29, 0.717) is 5.69 Å². The van der Waals surface area contributed by atoms with Crippen LogP contribution in [-0.4, -0.2) is 45.2 Å². The minimum absolute atomic E-state index is 0.0591. The van der Waals surface area contributed by atoms with Crippen LogP contribution in [0.25, 0.3) is 5.69 Å². The molecule has 1 aromatic carbocycles. The second-order valence-corrected chi connectivity index (χ2v) is 4.62. The van der Waals surface area contributed by atoms with Gasteiger partial charge < -0.3 is 16.2 Å². The number of nitrogens with zero attached hydrogens (tertiary/aromatic N) is 3. The third-order valence-corrected chi connectivity index (χ3v) is 2.86. The van der Waals surface area contributed by atoms with Crippen LogP contribution < -0.4 is 11.1 Å². The second-order valence-electron chi connectivity index (χ2n) is 4.62. The van der Waals surface area contributed by atoms with Gasteiger partial charge in [-0.1, -0.05) is 5.21 Å². The Balaban J connectivity index is 2.19. The smallest absolute Gasteiger partial charge is 0.273 e. The number of amides is 1. The summed E-state index contributed by atoms with van der Waals surface area (Å²) in [5.41, 5.74) is 6.64. The summed E-state index contributed by atoms with van der Waals surface area (Å²) < 4.78 is 14.7. The monoisotopic (exact) mass is 293 g/mol. The highest BCUT2D eigenvalue weighted by molar-refractivity contribution is 5.92. The van der Waals surface area contributed by atoms with Crippen molar-refractivity contribution in [3.05, 3.63) is 41.5 Å². The highest BCUT2D eigenvalue weighted by Crippen LogP contribution is 2.12. The zero-order valence-corrected chi connectivity index (χ0v) is 11.5. The maximum atomic E-state index is 13.4. The van der Waals surface area contributed by atoms with Crippen molar-refractivity contribution in [3.63, 3.8) is 0 Å². The van der Waals surface area contributed by atoms with E-state index >= 15 is 0 Å². The van der Waals surface area contributed by atoms with E-state index in [-0.39, 0.29) is 18.8 Å². The molecule has 1 atom stereocenters. The highest BCUT2D eigenvalue weighted by atomic mass is 19.1. The van der Waals surface area contributed by atoms with Crippen molar-refractivity contribution in [2.24, 2.45) is 5.73 Å². The van der Waals surface area contributed by atoms with Crippen LogP contribution in [0.2, 0.25) is 0 Å². The number of hydrogen-bond donors (Lipinski definition) is 3. The van der Waals surface area contributed by atoms with Gasteiger partial charge >= 0.3 is 0 Å². The van der Waals surface area contributed by atoms with Crippen molar-refractivity contribution in [2.45, 2.75) is 13.0 Å². The number of aliphatic hydroxyl groups is 1. The quantitative estimate of drug-likeness (QED) is 0.705. The molecule has 0 bridgehead atoms. The highest BCUT2D eigenvalue weighted by Gasteiger charge is 2.15. The first-order chi connectivity index (χ1) is 10.0. The minimum atomic E-state index is -0.543. The molecule has 0 aliphatic heterocycles. The normalized spacial score (nSPS) is 12.2. The van der Waals surface area contributed by atoms with Crippen LogP contribution in [0.1, 0.15) is 16.1 Å². The topological polar surface area (TPSA) is 106 Å². The zero-order valence-electron chi connectivity index (χ0n) is 11.5. The Hall–Kier alpha value is -2.32. The Morgan fingerprint density at radius 2 is 2.29 bits per heavy atom. The molecular formula is C13H16FN5O2. The van der Waals surface area contributed by atoms with Crippen molar-refractivity contribution < 1.29 is 14.3 Å². The predicted molar refractivity (Wildman–Crippen MR) is 73.4 cm³/mol. The van der Waals surface area contributed by atoms with E-state index in [1.165, 1.54) is 23.0 Å². The lowest BCUT2D eigenvalue weighted by molar-refractivity contribution is 0.0914. The molecule has 0 unspecified atom stereocenters. The van der Waals surface area contributed by atoms with Gasteiger partial charge in [0.25, 0.3) is 5.91 Å². The summed E-state index contributed by atoms with van der Waals surface area (Å²) in [6.07, 6.45) is 1.38. The standard InChI is InChI=1S/C13H16FN5O2/c1-8-2-9(14)4-11(3-8)19-6-12(17-18-19)13(21)16-10(5-15)7-20/h2-4,6,10,20H,5,7,15H2,1H3,(H,16,21)/t10-/m1/s1. The van der Waals surface area contributed by atoms with Crippen molar-refractivity contribution in [1.29, 1.82) is 0 Å². The summed E-state index contributed by atoms with van der Waals surface area (Å²) in [5, 5.41) is 19.0. The Bertz CT molecular complexity index is 619. The molecule has 0 fully saturated rings. The molecule has 7 nitrogen and oxygen atoms in total. The average molecular weight is 293 g/mol. The average Bonchev–Trinajstić information content (AvgIpc) is 2.93. The van der Waals surface area contributed by atoms with Gasteiger partial charge in [-0.3, -0.25) is 4.79 Å². The summed E-state index contributed by atoms with van der Waals surface area (Å²) in [6, 6.07) is 3.86. The molecule has 0 aliphatic carbocycles. The molecule has 112 valence electrons. The Morgan fingerprint density at radius 1 is 1.52 bits per heavy atom. The molecule has 0 radical (unpaired) electrons. The predicted octanol–water partition coefficient (Wildman–Crippen LogP) is -0.236. The number of aryl methyl sites for hydroxylation is 1. The Morgan fingerprint density at radius 3 is 2.90 bits per heavy atom. The third kappa shape index (κ3) is 3.61. The van der Waals surface area contributed by atoms with Gasteiger partial charge in [0.15, 0.2) is 5.69 Å². The molecule has 1 amide bonds. The number of aromatic nitrogens is 3. The van der Waals surface area contributed by atoms with Gasteiger partial charge in [-0.25, -0.2) is 9.07 Å². The van der Waals surface area contributed by atoms with E-state index in [1.54, 1.807) is 13.0 Å². The molecule has 0 saturated carbocycles. The first-order valence-corrected chi connectivity index (χ1v) is 6.35. The lowest BCUT2D eigenvalue weighted by atomic mass is 10.2. The third-order valence-electron chi connectivity index (χ3n) is 2.86. The number of hydrogen-bond acceptors (Lipinski definition) is 5. The molecule has 8 heteroatoms. The van der Waals surface area contributed by atoms with Crippen molar-refractivity contribution in [2.75, 3.05) is 13.2 Å². The number of nitrogens with two attached hydrogens (primary N) is 1. The van der Waals surface area contributed by atoms with Crippen LogP contribution in [0.3, 0.4) is 0 Å². The maximum absolute atomic E-state index is 13.4. The van der Waals surface area contributed by atoms with Crippen molar-refractivity contribution in [1.82, 2.24) is 20.3 Å². The first kappa shape index (κ1) is 15.1. The summed E-state index contributed by atoms with van der Waals surface area (Å²) in [6.45, 7) is 1.60. The lowest BCUT2D eigenvalue weighted by Crippen LogP contribution is -2.42. The lowest BCUT2D eigenvalue weighted by Gasteiger charge is -2.11. The molecule has 0 aliphatic rings. The van der Waals surface area contributed by atoms with Gasteiger partial charge in [-0.05, 0) is 30.7 Å². The Labute approximate surface area is 120 Å². The molecule has 0 spiro atoms. The van der Waals surface area contributed by atoms with E-state index in [1.807, 2.05) is 0 Å². The van der Waals surface area contributed by atoms with Crippen LogP contribution in [0.15, 0.2) is 24.4 Å². The van der Waals surface area contributed by atoms with Crippen molar-refractivity contribution >= 4 is 5.91 Å². The van der Waals surface area contributed by atoms with E-state index in [9.17, 15) is 9.18 Å². The SMILES string of the molecule is Cc1cc(F)cc(-n2cc(C(=O)N[C@H](CN)CO)nn2)c1. The fourth-order valence-electron chi connectivity index (χ4n) is 1.78. The number of rotatable bonds is 5. The van der Waals surface area contributed by atoms with Crippen LogP contribution in [0.5, 0.6) is 0 Å². The van der Waals surface area contributed by atoms with E-state index in [4.69, 9.17) is 10.8 Å². The largest absolute Gasteiger partial charge is 0.394 e. The molecule has 2 aromatic rings. The molecule has 1 aromatic heterocycles. The molecule has 0 saturated heterocycles. The van der Waals surface area contributed by atoms with Crippen LogP contribution in [0.4, 0.5) is 4.39 Å². The molecule has 2 rings (SSSR count). The van der Waals surface area contributed by atoms with Crippen LogP contribution in [-0.2, 0) is 0 Å². The fourth-order valence-corrected chi connectivity index (χ4v) is 1.78. The zero-order chi connectivity index (χ0) is 15.4. The summed E-state index contributed by atoms with van der Waals surface area (Å²) in [7, 11) is 0. The second kappa shape index (κ2) is 6.42. The van der Waals surface area contributed by atoms with Crippen LogP contribution in [0, 0.1) is 12.7 Å². The number of halogens is 1.